The van der Waals surface area contributed by atoms with Crippen molar-refractivity contribution in [3.05, 3.63) is 93.9 Å². The Balaban J connectivity index is 1.73. The van der Waals surface area contributed by atoms with Gasteiger partial charge in [0.15, 0.2) is 23.2 Å². The first-order valence-electron chi connectivity index (χ1n) is 10.2. The summed E-state index contributed by atoms with van der Waals surface area (Å²) >= 11 is 5.47. The number of ether oxygens (including phenoxy) is 2. The molecule has 9 heteroatoms. The third-order valence-electron chi connectivity index (χ3n) is 4.67. The maximum absolute atomic E-state index is 12.4. The first kappa shape index (κ1) is 23.9. The monoisotopic (exact) mass is 469 g/mol. The second-order valence-electron chi connectivity index (χ2n) is 7.19. The predicted molar refractivity (Wildman–Crippen MR) is 122 cm³/mol. The van der Waals surface area contributed by atoms with E-state index in [1.54, 1.807) is 0 Å². The Morgan fingerprint density at radius 1 is 1.00 bits per heavy atom. The number of thiocarbonyl (C=S) groups is 1. The van der Waals surface area contributed by atoms with E-state index in [0.717, 1.165) is 11.1 Å². The molecule has 8 nitrogen and oxygen atoms in total. The van der Waals surface area contributed by atoms with Crippen LogP contribution in [-0.2, 0) is 25.7 Å². The van der Waals surface area contributed by atoms with Crippen molar-refractivity contribution < 1.29 is 27.9 Å². The summed E-state index contributed by atoms with van der Waals surface area (Å²) in [6.07, 6.45) is -0.800. The van der Waals surface area contributed by atoms with Crippen LogP contribution in [0, 0.1) is 6.92 Å². The van der Waals surface area contributed by atoms with Crippen LogP contribution >= 0.6 is 12.2 Å². The van der Waals surface area contributed by atoms with Gasteiger partial charge >= 0.3 is 11.8 Å². The molecule has 1 aromatic heterocycles. The summed E-state index contributed by atoms with van der Waals surface area (Å²) in [6, 6.07) is 18.0. The molecular weight excluding hydrogens is 446 g/mol. The van der Waals surface area contributed by atoms with Gasteiger partial charge in [-0.05, 0) is 30.3 Å². The summed E-state index contributed by atoms with van der Waals surface area (Å²) in [5.74, 6) is -1.60. The molecule has 0 radical (unpaired) electrons. The quantitative estimate of drug-likeness (QED) is 0.374. The van der Waals surface area contributed by atoms with Gasteiger partial charge in [0.25, 0.3) is 0 Å². The van der Waals surface area contributed by atoms with E-state index in [-0.39, 0.29) is 35.5 Å². The van der Waals surface area contributed by atoms with Gasteiger partial charge in [0, 0.05) is 6.92 Å². The van der Waals surface area contributed by atoms with Crippen molar-refractivity contribution in [2.45, 2.75) is 39.0 Å². The van der Waals surface area contributed by atoms with Gasteiger partial charge in [-0.1, -0.05) is 60.7 Å². The van der Waals surface area contributed by atoms with Gasteiger partial charge in [0.1, 0.15) is 12.1 Å². The highest BCUT2D eigenvalue weighted by atomic mass is 32.1. The Morgan fingerprint density at radius 2 is 1.58 bits per heavy atom. The van der Waals surface area contributed by atoms with Crippen LogP contribution in [0.15, 0.2) is 74.3 Å². The zero-order valence-electron chi connectivity index (χ0n) is 18.1. The van der Waals surface area contributed by atoms with E-state index >= 15 is 0 Å². The van der Waals surface area contributed by atoms with E-state index in [4.69, 9.17) is 30.5 Å². The smallest absolute Gasteiger partial charge is 0.472 e. The number of aryl methyl sites for hydroxylation is 1. The van der Waals surface area contributed by atoms with Crippen molar-refractivity contribution in [1.29, 1.82) is 0 Å². The number of rotatable bonds is 9. The zero-order chi connectivity index (χ0) is 23.8. The molecule has 172 valence electrons. The molecule has 1 amide bonds. The van der Waals surface area contributed by atoms with Crippen molar-refractivity contribution >= 4 is 29.1 Å². The van der Waals surface area contributed by atoms with E-state index < -0.39 is 23.9 Å². The van der Waals surface area contributed by atoms with Crippen LogP contribution in [-0.4, -0.2) is 23.0 Å². The lowest BCUT2D eigenvalue weighted by atomic mass is 10.0. The van der Waals surface area contributed by atoms with Crippen LogP contribution in [0.2, 0.25) is 0 Å². The van der Waals surface area contributed by atoms with Crippen molar-refractivity contribution in [2.24, 2.45) is 0 Å². The van der Waals surface area contributed by atoms with Crippen molar-refractivity contribution in [2.75, 3.05) is 0 Å². The maximum Gasteiger partial charge on any atom is 0.519 e. The van der Waals surface area contributed by atoms with Gasteiger partial charge < -0.3 is 23.6 Å². The topological polar surface area (TPSA) is 108 Å². The SMILES string of the molecule is CC(=O)N[C@H](CC(=O)OCc1oc(=O)oc1C)C(=S)OC(c1ccccc1)c1ccccc1. The molecule has 0 aliphatic carbocycles. The fraction of sp³-hybridized carbons (Fsp3) is 0.250. The van der Waals surface area contributed by atoms with Crippen LogP contribution < -0.4 is 11.1 Å². The molecule has 33 heavy (non-hydrogen) atoms. The van der Waals surface area contributed by atoms with Crippen molar-refractivity contribution in [3.63, 3.8) is 0 Å². The van der Waals surface area contributed by atoms with Crippen LogP contribution in [0.25, 0.3) is 0 Å². The van der Waals surface area contributed by atoms with E-state index in [1.807, 2.05) is 60.7 Å². The van der Waals surface area contributed by atoms with Crippen LogP contribution in [0.1, 0.15) is 42.1 Å². The molecular formula is C24H23NO7S. The molecule has 3 aromatic rings. The highest BCUT2D eigenvalue weighted by molar-refractivity contribution is 7.80. The number of benzene rings is 2. The molecule has 2 aromatic carbocycles. The standard InChI is InChI=1S/C24H23NO7S/c1-15-20(31-24(28)30-15)14-29-21(27)13-19(25-16(2)26)23(33)32-22(17-9-5-3-6-10-17)18-11-7-4-8-12-18/h3-12,19,22H,13-14H2,1-2H3,(H,25,26)/t19-/m1/s1. The minimum atomic E-state index is -0.905. The van der Waals surface area contributed by atoms with Gasteiger partial charge in [0.2, 0.25) is 5.91 Å². The first-order chi connectivity index (χ1) is 15.8. The molecule has 0 saturated heterocycles. The molecule has 0 unspecified atom stereocenters. The van der Waals surface area contributed by atoms with Crippen LogP contribution in [0.3, 0.4) is 0 Å². The molecule has 1 N–H and O–H groups in total. The molecule has 0 bridgehead atoms. The summed E-state index contributed by atoms with van der Waals surface area (Å²) in [5.41, 5.74) is 1.72. The molecule has 0 fully saturated rings. The summed E-state index contributed by atoms with van der Waals surface area (Å²) in [7, 11) is 0. The molecule has 1 heterocycles. The molecule has 0 aliphatic rings. The van der Waals surface area contributed by atoms with E-state index in [1.165, 1.54) is 13.8 Å². The number of hydrogen-bond donors (Lipinski definition) is 1. The van der Waals surface area contributed by atoms with E-state index in [0.29, 0.717) is 0 Å². The Bertz CT molecular complexity index is 1110. The first-order valence-corrected chi connectivity index (χ1v) is 10.6. The number of nitrogens with one attached hydrogen (secondary N) is 1. The van der Waals surface area contributed by atoms with Gasteiger partial charge in [0.05, 0.1) is 6.42 Å². The Morgan fingerprint density at radius 3 is 2.06 bits per heavy atom. The molecule has 0 spiro atoms. The summed E-state index contributed by atoms with van der Waals surface area (Å²) in [5, 5.41) is 2.67. The number of carbonyl (C=O) groups is 2. The molecule has 0 aliphatic heterocycles. The van der Waals surface area contributed by atoms with Gasteiger partial charge in [-0.15, -0.1) is 0 Å². The second kappa shape index (κ2) is 11.2. The minimum Gasteiger partial charge on any atom is -0.472 e. The van der Waals surface area contributed by atoms with Crippen LogP contribution in [0.5, 0.6) is 0 Å². The summed E-state index contributed by atoms with van der Waals surface area (Å²) in [6.45, 7) is 2.55. The third-order valence-corrected chi connectivity index (χ3v) is 5.05. The zero-order valence-corrected chi connectivity index (χ0v) is 18.9. The lowest BCUT2D eigenvalue weighted by Gasteiger charge is -2.25. The third kappa shape index (κ3) is 6.88. The lowest BCUT2D eigenvalue weighted by molar-refractivity contribution is -0.145. The fourth-order valence-corrected chi connectivity index (χ4v) is 3.34. The summed E-state index contributed by atoms with van der Waals surface area (Å²) in [4.78, 5) is 35.3. The van der Waals surface area contributed by atoms with E-state index in [2.05, 4.69) is 5.32 Å². The minimum absolute atomic E-state index is 0.0332. The Labute approximate surface area is 195 Å². The average molecular weight is 470 g/mol. The van der Waals surface area contributed by atoms with Crippen molar-refractivity contribution in [1.82, 2.24) is 5.32 Å². The predicted octanol–water partition coefficient (Wildman–Crippen LogP) is 3.61. The van der Waals surface area contributed by atoms with E-state index in [9.17, 15) is 14.4 Å². The summed E-state index contributed by atoms with van der Waals surface area (Å²) < 4.78 is 20.8. The van der Waals surface area contributed by atoms with Crippen molar-refractivity contribution in [3.8, 4) is 0 Å². The average Bonchev–Trinajstić information content (AvgIpc) is 3.13. The Hall–Kier alpha value is -3.72. The van der Waals surface area contributed by atoms with Gasteiger partial charge in [-0.3, -0.25) is 9.59 Å². The highest BCUT2D eigenvalue weighted by Gasteiger charge is 2.26. The Kier molecular flexibility index (Phi) is 8.15. The van der Waals surface area contributed by atoms with Gasteiger partial charge in [-0.25, -0.2) is 4.79 Å². The number of hydrogen-bond acceptors (Lipinski definition) is 8. The maximum atomic E-state index is 12.4. The lowest BCUT2D eigenvalue weighted by Crippen LogP contribution is -2.42. The molecule has 1 atom stereocenters. The van der Waals surface area contributed by atoms with Gasteiger partial charge in [-0.2, -0.15) is 0 Å². The molecule has 3 rings (SSSR count). The second-order valence-corrected chi connectivity index (χ2v) is 7.59. The number of carbonyl (C=O) groups excluding carboxylic acids is 2. The highest BCUT2D eigenvalue weighted by Crippen LogP contribution is 2.27. The van der Waals surface area contributed by atoms with Crippen LogP contribution in [0.4, 0.5) is 0 Å². The number of amides is 1. The number of esters is 1. The largest absolute Gasteiger partial charge is 0.519 e. The molecule has 0 saturated carbocycles. The normalized spacial score (nSPS) is 11.6. The fourth-order valence-electron chi connectivity index (χ4n) is 3.10.